The maximum Gasteiger partial charge on any atom is 0.307 e. The van der Waals surface area contributed by atoms with E-state index < -0.39 is 11.6 Å². The van der Waals surface area contributed by atoms with Gasteiger partial charge in [0.1, 0.15) is 5.01 Å². The Bertz CT molecular complexity index is 2070. The standard InChI is InChI=1S/C31H22ClN3O3S.C4H10O/c1-17-13-25-30(29(23(17)16-28(37)38)19-5-8-22(32)9-6-19)39-31(34-25)21-11-12-33-24(14-21)20-4-3-18-7-10-27(36)35(2)26(18)15-20;1-4(2,3)5/h3-15H,16H2,1-2H3,(H,37,38);5H,1-3H3. The number of hydrogen-bond acceptors (Lipinski definition) is 6. The number of carboxylic acids is 1. The molecule has 9 heteroatoms. The molecule has 3 heterocycles. The highest BCUT2D eigenvalue weighted by Gasteiger charge is 2.20. The van der Waals surface area contributed by atoms with Crippen LogP contribution < -0.4 is 5.56 Å². The van der Waals surface area contributed by atoms with E-state index in [0.29, 0.717) is 5.02 Å². The number of rotatable bonds is 5. The molecule has 0 saturated heterocycles. The summed E-state index contributed by atoms with van der Waals surface area (Å²) in [5, 5.41) is 20.6. The number of pyridine rings is 2. The van der Waals surface area contributed by atoms with Crippen molar-refractivity contribution in [2.24, 2.45) is 7.05 Å². The first-order chi connectivity index (χ1) is 20.8. The average molecular weight is 626 g/mol. The molecule has 0 atom stereocenters. The van der Waals surface area contributed by atoms with Crippen molar-refractivity contribution in [3.05, 3.63) is 105 Å². The molecular weight excluding hydrogens is 594 g/mol. The summed E-state index contributed by atoms with van der Waals surface area (Å²) >= 11 is 7.67. The smallest absolute Gasteiger partial charge is 0.307 e. The third kappa shape index (κ3) is 6.89. The second-order valence-corrected chi connectivity index (χ2v) is 13.0. The highest BCUT2D eigenvalue weighted by molar-refractivity contribution is 7.22. The maximum atomic E-state index is 12.2. The lowest BCUT2D eigenvalue weighted by atomic mass is 9.93. The molecule has 0 aliphatic rings. The molecule has 2 N–H and O–H groups in total. The summed E-state index contributed by atoms with van der Waals surface area (Å²) in [5.41, 5.74) is 7.07. The number of hydrogen-bond donors (Lipinski definition) is 2. The minimum absolute atomic E-state index is 0.0649. The Labute approximate surface area is 264 Å². The fourth-order valence-electron chi connectivity index (χ4n) is 4.91. The van der Waals surface area contributed by atoms with Crippen molar-refractivity contribution in [2.45, 2.75) is 39.7 Å². The van der Waals surface area contributed by atoms with Gasteiger partial charge in [-0.05, 0) is 92.2 Å². The van der Waals surface area contributed by atoms with E-state index in [1.807, 2.05) is 73.7 Å². The number of thiazole rings is 1. The molecule has 0 aliphatic carbocycles. The van der Waals surface area contributed by atoms with Crippen LogP contribution in [0.3, 0.4) is 0 Å². The Hall–Kier alpha value is -4.37. The molecule has 0 spiro atoms. The van der Waals surface area contributed by atoms with Crippen LogP contribution in [0.1, 0.15) is 31.9 Å². The van der Waals surface area contributed by atoms with Gasteiger partial charge in [-0.25, -0.2) is 4.98 Å². The molecule has 0 aliphatic heterocycles. The Kier molecular flexibility index (Phi) is 8.70. The van der Waals surface area contributed by atoms with E-state index in [0.717, 1.165) is 65.2 Å². The van der Waals surface area contributed by atoms with E-state index >= 15 is 0 Å². The van der Waals surface area contributed by atoms with E-state index in [1.54, 1.807) is 44.6 Å². The van der Waals surface area contributed by atoms with Gasteiger partial charge < -0.3 is 14.8 Å². The monoisotopic (exact) mass is 625 g/mol. The van der Waals surface area contributed by atoms with Crippen LogP contribution in [0.2, 0.25) is 5.02 Å². The molecule has 6 rings (SSSR count). The van der Waals surface area contributed by atoms with Crippen molar-refractivity contribution in [1.82, 2.24) is 14.5 Å². The molecule has 3 aromatic carbocycles. The van der Waals surface area contributed by atoms with Crippen LogP contribution in [0.15, 0.2) is 83.8 Å². The van der Waals surface area contributed by atoms with Gasteiger partial charge in [-0.15, -0.1) is 11.3 Å². The number of nitrogens with zero attached hydrogens (tertiary/aromatic N) is 3. The van der Waals surface area contributed by atoms with Crippen molar-refractivity contribution in [3.63, 3.8) is 0 Å². The summed E-state index contributed by atoms with van der Waals surface area (Å²) in [6.07, 6.45) is 1.67. The molecule has 0 bridgehead atoms. The summed E-state index contributed by atoms with van der Waals surface area (Å²) < 4.78 is 2.55. The summed E-state index contributed by atoms with van der Waals surface area (Å²) in [4.78, 5) is 33.5. The summed E-state index contributed by atoms with van der Waals surface area (Å²) in [6, 6.07) is 22.7. The third-order valence-corrected chi connectivity index (χ3v) is 8.29. The zero-order valence-electron chi connectivity index (χ0n) is 25.1. The summed E-state index contributed by atoms with van der Waals surface area (Å²) in [6.45, 7) is 7.15. The molecular formula is C35H32ClN3O4S. The van der Waals surface area contributed by atoms with Crippen molar-refractivity contribution in [3.8, 4) is 33.0 Å². The first-order valence-electron chi connectivity index (χ1n) is 14.0. The molecule has 6 aromatic rings. The molecule has 0 radical (unpaired) electrons. The SMILES string of the molecule is CC(C)(C)O.Cc1cc2nc(-c3ccnc(-c4ccc5ccc(=O)n(C)c5c4)c3)sc2c(-c2ccc(Cl)cc2)c1CC(=O)O. The molecule has 7 nitrogen and oxygen atoms in total. The number of carbonyl (C=O) groups is 1. The minimum atomic E-state index is -0.885. The van der Waals surface area contributed by atoms with Gasteiger partial charge in [-0.3, -0.25) is 14.6 Å². The molecule has 0 unspecified atom stereocenters. The molecule has 0 fully saturated rings. The number of benzene rings is 3. The Morgan fingerprint density at radius 1 is 0.955 bits per heavy atom. The van der Waals surface area contributed by atoms with Gasteiger partial charge in [0.05, 0.1) is 33.4 Å². The van der Waals surface area contributed by atoms with E-state index in [4.69, 9.17) is 21.7 Å². The quantitative estimate of drug-likeness (QED) is 0.202. The van der Waals surface area contributed by atoms with Crippen molar-refractivity contribution < 1.29 is 15.0 Å². The average Bonchev–Trinajstić information content (AvgIpc) is 3.38. The van der Waals surface area contributed by atoms with Crippen LogP contribution in [-0.2, 0) is 18.3 Å². The largest absolute Gasteiger partial charge is 0.481 e. The van der Waals surface area contributed by atoms with Gasteiger partial charge in [-0.1, -0.05) is 35.9 Å². The highest BCUT2D eigenvalue weighted by atomic mass is 35.5. The second kappa shape index (κ2) is 12.3. The van der Waals surface area contributed by atoms with Gasteiger partial charge in [0, 0.05) is 41.0 Å². The van der Waals surface area contributed by atoms with Crippen LogP contribution in [-0.4, -0.2) is 36.3 Å². The predicted molar refractivity (Wildman–Crippen MR) is 180 cm³/mol. The third-order valence-electron chi connectivity index (χ3n) is 6.90. The molecule has 44 heavy (non-hydrogen) atoms. The van der Waals surface area contributed by atoms with Gasteiger partial charge in [0.2, 0.25) is 0 Å². The van der Waals surface area contributed by atoms with Crippen molar-refractivity contribution in [2.75, 3.05) is 0 Å². The van der Waals surface area contributed by atoms with Gasteiger partial charge in [0.15, 0.2) is 0 Å². The van der Waals surface area contributed by atoms with Crippen molar-refractivity contribution in [1.29, 1.82) is 0 Å². The Balaban J connectivity index is 0.000000712. The van der Waals surface area contributed by atoms with Crippen LogP contribution in [0, 0.1) is 6.92 Å². The lowest BCUT2D eigenvalue weighted by Crippen LogP contribution is -2.14. The lowest BCUT2D eigenvalue weighted by molar-refractivity contribution is -0.136. The normalized spacial score (nSPS) is 11.4. The minimum Gasteiger partial charge on any atom is -0.481 e. The van der Waals surface area contributed by atoms with Crippen LogP contribution in [0.5, 0.6) is 0 Å². The predicted octanol–water partition coefficient (Wildman–Crippen LogP) is 7.91. The molecule has 0 amide bonds. The van der Waals surface area contributed by atoms with Gasteiger partial charge in [-0.2, -0.15) is 0 Å². The van der Waals surface area contributed by atoms with Crippen LogP contribution in [0.25, 0.3) is 54.1 Å². The zero-order chi connectivity index (χ0) is 31.8. The fourth-order valence-corrected chi connectivity index (χ4v) is 6.17. The topological polar surface area (TPSA) is 105 Å². The molecule has 3 aromatic heterocycles. The maximum absolute atomic E-state index is 12.2. The van der Waals surface area contributed by atoms with Gasteiger partial charge >= 0.3 is 5.97 Å². The number of halogens is 1. The first kappa shape index (κ1) is 31.1. The zero-order valence-corrected chi connectivity index (χ0v) is 26.6. The summed E-state index contributed by atoms with van der Waals surface area (Å²) in [5.74, 6) is -0.885. The van der Waals surface area contributed by atoms with E-state index in [2.05, 4.69) is 4.98 Å². The second-order valence-electron chi connectivity index (χ2n) is 11.6. The van der Waals surface area contributed by atoms with Crippen LogP contribution in [0.4, 0.5) is 0 Å². The number of carboxylic acid groups (broad SMARTS) is 1. The lowest BCUT2D eigenvalue weighted by Gasteiger charge is -2.13. The van der Waals surface area contributed by atoms with E-state index in [1.165, 1.54) is 11.3 Å². The fraction of sp³-hybridized carbons (Fsp3) is 0.200. The first-order valence-corrected chi connectivity index (χ1v) is 15.2. The number of aromatic nitrogens is 3. The highest BCUT2D eigenvalue weighted by Crippen LogP contribution is 2.41. The molecule has 224 valence electrons. The van der Waals surface area contributed by atoms with E-state index in [-0.39, 0.29) is 12.0 Å². The van der Waals surface area contributed by atoms with Gasteiger partial charge in [0.25, 0.3) is 5.56 Å². The number of aliphatic carboxylic acids is 1. The Morgan fingerprint density at radius 2 is 1.61 bits per heavy atom. The van der Waals surface area contributed by atoms with E-state index in [9.17, 15) is 14.7 Å². The number of fused-ring (bicyclic) bond motifs is 2. The molecule has 0 saturated carbocycles. The van der Waals surface area contributed by atoms with Crippen LogP contribution >= 0.6 is 22.9 Å². The van der Waals surface area contributed by atoms with Crippen molar-refractivity contribution >= 4 is 50.0 Å². The number of aryl methyl sites for hydroxylation is 2. The summed E-state index contributed by atoms with van der Waals surface area (Å²) in [7, 11) is 1.76. The Morgan fingerprint density at radius 3 is 2.30 bits per heavy atom. The number of aliphatic hydroxyl groups is 1.